The number of aryl methyl sites for hydroxylation is 1. The summed E-state index contributed by atoms with van der Waals surface area (Å²) in [5, 5.41) is 6.20. The minimum Gasteiger partial charge on any atom is -0.343 e. The Morgan fingerprint density at radius 1 is 1.07 bits per heavy atom. The quantitative estimate of drug-likeness (QED) is 0.642. The van der Waals surface area contributed by atoms with Crippen molar-refractivity contribution in [2.24, 2.45) is 12.2 Å². The van der Waals surface area contributed by atoms with E-state index in [0.29, 0.717) is 33.1 Å². The molecule has 0 aliphatic rings. The fourth-order valence-electron chi connectivity index (χ4n) is 3.50. The summed E-state index contributed by atoms with van der Waals surface area (Å²) in [4.78, 5) is 13.1. The predicted octanol–water partition coefficient (Wildman–Crippen LogP) is 3.77. The molecule has 1 atom stereocenters. The molecule has 2 N–H and O–H groups in total. The third-order valence-corrected chi connectivity index (χ3v) is 6.96. The van der Waals surface area contributed by atoms with E-state index in [9.17, 15) is 13.2 Å². The third-order valence-electron chi connectivity index (χ3n) is 5.13. The average molecular weight is 417 g/mol. The largest absolute Gasteiger partial charge is 0.343 e. The Morgan fingerprint density at radius 3 is 2.18 bits per heavy atom. The van der Waals surface area contributed by atoms with Gasteiger partial charge in [0.25, 0.3) is 0 Å². The molecule has 0 radical (unpaired) electrons. The molecule has 0 spiro atoms. The number of ketones is 1. The molecular formula is C21H21ClN2O3S. The minimum absolute atomic E-state index is 0.215. The molecule has 5 nitrogen and oxygen atoms in total. The van der Waals surface area contributed by atoms with Gasteiger partial charge in [0.1, 0.15) is 4.75 Å². The van der Waals surface area contributed by atoms with Crippen molar-refractivity contribution in [3.8, 4) is 0 Å². The molecule has 0 fully saturated rings. The van der Waals surface area contributed by atoms with Gasteiger partial charge in [-0.05, 0) is 55.3 Å². The summed E-state index contributed by atoms with van der Waals surface area (Å²) in [6.45, 7) is 3.34. The van der Waals surface area contributed by atoms with Gasteiger partial charge in [0.2, 0.25) is 15.8 Å². The zero-order chi connectivity index (χ0) is 20.7. The van der Waals surface area contributed by atoms with Crippen LogP contribution in [0.4, 0.5) is 0 Å². The topological polar surface area (TPSA) is 82.2 Å². The fourth-order valence-corrected chi connectivity index (χ4v) is 4.57. The normalized spacial score (nSPS) is 13.9. The van der Waals surface area contributed by atoms with Gasteiger partial charge in [0.15, 0.2) is 0 Å². The van der Waals surface area contributed by atoms with Crippen molar-refractivity contribution in [1.82, 2.24) is 4.57 Å². The Labute approximate surface area is 169 Å². The van der Waals surface area contributed by atoms with Crippen LogP contribution >= 0.6 is 11.6 Å². The second-order valence-electron chi connectivity index (χ2n) is 6.90. The van der Waals surface area contributed by atoms with Crippen LogP contribution in [0.2, 0.25) is 5.02 Å². The van der Waals surface area contributed by atoms with Gasteiger partial charge in [-0.2, -0.15) is 0 Å². The lowest BCUT2D eigenvalue weighted by atomic mass is 9.96. The Hall–Kier alpha value is -2.41. The van der Waals surface area contributed by atoms with E-state index in [-0.39, 0.29) is 5.78 Å². The minimum atomic E-state index is -4.04. The number of nitrogens with zero attached hydrogens (tertiary/aromatic N) is 1. The summed E-state index contributed by atoms with van der Waals surface area (Å²) < 4.78 is 25.4. The van der Waals surface area contributed by atoms with Crippen LogP contribution in [0.5, 0.6) is 0 Å². The summed E-state index contributed by atoms with van der Waals surface area (Å²) >= 11 is 5.91. The van der Waals surface area contributed by atoms with Crippen LogP contribution in [0.1, 0.15) is 39.8 Å². The number of aromatic nitrogens is 1. The highest BCUT2D eigenvalue weighted by atomic mass is 35.5. The van der Waals surface area contributed by atoms with Crippen LogP contribution in [0.3, 0.4) is 0 Å². The van der Waals surface area contributed by atoms with Crippen molar-refractivity contribution in [2.45, 2.75) is 18.6 Å². The molecule has 146 valence electrons. The van der Waals surface area contributed by atoms with E-state index >= 15 is 0 Å². The highest BCUT2D eigenvalue weighted by molar-refractivity contribution is 7.90. The zero-order valence-corrected chi connectivity index (χ0v) is 17.4. The molecule has 2 aromatic carbocycles. The molecule has 3 rings (SSSR count). The van der Waals surface area contributed by atoms with E-state index in [2.05, 4.69) is 0 Å². The van der Waals surface area contributed by atoms with Gasteiger partial charge in [-0.25, -0.2) is 13.6 Å². The summed E-state index contributed by atoms with van der Waals surface area (Å²) in [6, 6.07) is 17.0. The van der Waals surface area contributed by atoms with Crippen LogP contribution in [0, 0.1) is 6.92 Å². The monoisotopic (exact) mass is 416 g/mol. The molecule has 3 aromatic rings. The number of halogens is 1. The molecule has 0 saturated heterocycles. The maximum Gasteiger partial charge on any atom is 0.224 e. The molecule has 7 heteroatoms. The van der Waals surface area contributed by atoms with Crippen molar-refractivity contribution >= 4 is 27.4 Å². The number of sulfonamides is 1. The molecule has 0 amide bonds. The van der Waals surface area contributed by atoms with E-state index in [1.807, 2.05) is 0 Å². The van der Waals surface area contributed by atoms with Crippen molar-refractivity contribution in [1.29, 1.82) is 0 Å². The fraction of sp³-hybridized carbons (Fsp3) is 0.190. The highest BCUT2D eigenvalue weighted by Gasteiger charge is 2.43. The van der Waals surface area contributed by atoms with Crippen LogP contribution < -0.4 is 5.14 Å². The standard InChI is InChI=1S/C21H21ClN2O3S/c1-14-13-18(21(2,28(23,26)27)16-7-5-4-6-8-16)24(3)19(14)20(25)15-9-11-17(22)12-10-15/h4-13H,1-3H3,(H2,23,26,27). The molecule has 1 aromatic heterocycles. The Morgan fingerprint density at radius 2 is 1.64 bits per heavy atom. The summed E-state index contributed by atoms with van der Waals surface area (Å²) in [7, 11) is -2.36. The van der Waals surface area contributed by atoms with Gasteiger partial charge >= 0.3 is 0 Å². The Balaban J connectivity index is 2.22. The first-order valence-electron chi connectivity index (χ1n) is 8.62. The van der Waals surface area contributed by atoms with E-state index in [1.54, 1.807) is 86.1 Å². The predicted molar refractivity (Wildman–Crippen MR) is 111 cm³/mol. The maximum absolute atomic E-state index is 13.1. The lowest BCUT2D eigenvalue weighted by Gasteiger charge is -2.29. The van der Waals surface area contributed by atoms with Crippen molar-refractivity contribution < 1.29 is 13.2 Å². The van der Waals surface area contributed by atoms with E-state index < -0.39 is 14.8 Å². The molecule has 1 unspecified atom stereocenters. The van der Waals surface area contributed by atoms with E-state index in [4.69, 9.17) is 16.7 Å². The van der Waals surface area contributed by atoms with Crippen LogP contribution in [-0.4, -0.2) is 18.8 Å². The number of rotatable bonds is 5. The number of benzene rings is 2. The maximum atomic E-state index is 13.1. The van der Waals surface area contributed by atoms with Gasteiger partial charge in [0, 0.05) is 23.3 Å². The zero-order valence-electron chi connectivity index (χ0n) is 15.8. The molecular weight excluding hydrogens is 396 g/mol. The van der Waals surface area contributed by atoms with Gasteiger partial charge in [-0.3, -0.25) is 4.79 Å². The highest BCUT2D eigenvalue weighted by Crippen LogP contribution is 2.38. The van der Waals surface area contributed by atoms with Crippen LogP contribution in [0.25, 0.3) is 0 Å². The Kier molecular flexibility index (Phi) is 5.23. The molecule has 0 aliphatic heterocycles. The first kappa shape index (κ1) is 20.3. The second kappa shape index (κ2) is 7.20. The van der Waals surface area contributed by atoms with Crippen molar-refractivity contribution in [3.05, 3.63) is 93.8 Å². The first-order valence-corrected chi connectivity index (χ1v) is 10.5. The number of nitrogens with two attached hydrogens (primary N) is 1. The van der Waals surface area contributed by atoms with Crippen LogP contribution in [-0.2, 0) is 21.8 Å². The molecule has 0 saturated carbocycles. The summed E-state index contributed by atoms with van der Waals surface area (Å²) in [5.74, 6) is -0.215. The summed E-state index contributed by atoms with van der Waals surface area (Å²) in [6.07, 6.45) is 0. The van der Waals surface area contributed by atoms with Crippen molar-refractivity contribution in [2.75, 3.05) is 0 Å². The number of primary sulfonamides is 1. The number of carbonyl (C=O) groups excluding carboxylic acids is 1. The van der Waals surface area contributed by atoms with E-state index in [0.717, 1.165) is 0 Å². The Bertz CT molecular complexity index is 1140. The second-order valence-corrected chi connectivity index (χ2v) is 9.24. The van der Waals surface area contributed by atoms with Gasteiger partial charge in [-0.15, -0.1) is 0 Å². The molecule has 1 heterocycles. The lowest BCUT2D eigenvalue weighted by molar-refractivity contribution is 0.103. The molecule has 28 heavy (non-hydrogen) atoms. The number of hydrogen-bond acceptors (Lipinski definition) is 3. The number of carbonyl (C=O) groups is 1. The lowest BCUT2D eigenvalue weighted by Crippen LogP contribution is -2.40. The average Bonchev–Trinajstić information content (AvgIpc) is 2.95. The molecule has 0 aliphatic carbocycles. The van der Waals surface area contributed by atoms with Crippen LogP contribution in [0.15, 0.2) is 60.7 Å². The third kappa shape index (κ3) is 3.28. The van der Waals surface area contributed by atoms with Gasteiger partial charge in [0.05, 0.1) is 5.69 Å². The number of hydrogen-bond donors (Lipinski definition) is 1. The smallest absolute Gasteiger partial charge is 0.224 e. The van der Waals surface area contributed by atoms with Gasteiger partial charge < -0.3 is 4.57 Å². The summed E-state index contributed by atoms with van der Waals surface area (Å²) in [5.41, 5.74) is 2.50. The first-order chi connectivity index (χ1) is 13.1. The molecule has 0 bridgehead atoms. The van der Waals surface area contributed by atoms with E-state index in [1.165, 1.54) is 0 Å². The SMILES string of the molecule is Cc1cc(C(C)(c2ccccc2)S(N)(=O)=O)n(C)c1C(=O)c1ccc(Cl)cc1. The van der Waals surface area contributed by atoms with Crippen molar-refractivity contribution in [3.63, 3.8) is 0 Å². The van der Waals surface area contributed by atoms with Gasteiger partial charge in [-0.1, -0.05) is 41.9 Å².